The van der Waals surface area contributed by atoms with Gasteiger partial charge in [-0.05, 0) is 37.6 Å². The minimum Gasteiger partial charge on any atom is -0.477 e. The van der Waals surface area contributed by atoms with Crippen LogP contribution >= 0.6 is 11.6 Å². The van der Waals surface area contributed by atoms with Crippen LogP contribution in [0.25, 0.3) is 22.5 Å². The van der Waals surface area contributed by atoms with E-state index in [1.54, 1.807) is 26.0 Å². The van der Waals surface area contributed by atoms with Crippen molar-refractivity contribution in [2.24, 2.45) is 0 Å². The maximum atomic E-state index is 12.7. The number of carbonyl (C=O) groups is 2. The van der Waals surface area contributed by atoms with Gasteiger partial charge in [0.25, 0.3) is 0 Å². The van der Waals surface area contributed by atoms with Crippen molar-refractivity contribution in [3.63, 3.8) is 0 Å². The SMILES string of the molecule is Cc1noc(-c2cccc(-c3ccc(C(=O)O)nc3)c2)c1CC(=O)OC(C)c1ccccc1Cl. The Kier molecular flexibility index (Phi) is 6.75. The number of aromatic carboxylic acids is 1. The van der Waals surface area contributed by atoms with Crippen LogP contribution in [0.1, 0.15) is 40.3 Å². The summed E-state index contributed by atoms with van der Waals surface area (Å²) in [5, 5.41) is 13.6. The first kappa shape index (κ1) is 23.2. The summed E-state index contributed by atoms with van der Waals surface area (Å²) >= 11 is 6.22. The number of esters is 1. The van der Waals surface area contributed by atoms with E-state index in [1.165, 1.54) is 12.3 Å². The smallest absolute Gasteiger partial charge is 0.354 e. The second-order valence-electron chi connectivity index (χ2n) is 7.72. The summed E-state index contributed by atoms with van der Waals surface area (Å²) < 4.78 is 11.2. The number of carboxylic acids is 1. The van der Waals surface area contributed by atoms with Gasteiger partial charge in [0.1, 0.15) is 11.8 Å². The minimum absolute atomic E-state index is 0.0153. The Morgan fingerprint density at radius 1 is 1.06 bits per heavy atom. The molecule has 2 heterocycles. The normalized spacial score (nSPS) is 11.7. The number of hydrogen-bond acceptors (Lipinski definition) is 6. The van der Waals surface area contributed by atoms with E-state index in [9.17, 15) is 9.59 Å². The Morgan fingerprint density at radius 3 is 2.53 bits per heavy atom. The molecular weight excluding hydrogens is 456 g/mol. The molecule has 172 valence electrons. The third-order valence-electron chi connectivity index (χ3n) is 5.40. The quantitative estimate of drug-likeness (QED) is 0.331. The average Bonchev–Trinajstić information content (AvgIpc) is 3.19. The summed E-state index contributed by atoms with van der Waals surface area (Å²) in [5.41, 5.74) is 4.22. The van der Waals surface area contributed by atoms with Crippen LogP contribution in [0.15, 0.2) is 71.4 Å². The molecule has 0 saturated heterocycles. The van der Waals surface area contributed by atoms with Crippen LogP contribution in [0.2, 0.25) is 5.02 Å². The molecule has 1 unspecified atom stereocenters. The fourth-order valence-electron chi connectivity index (χ4n) is 3.61. The molecule has 7 nitrogen and oxygen atoms in total. The van der Waals surface area contributed by atoms with E-state index in [0.29, 0.717) is 22.0 Å². The molecule has 4 aromatic rings. The lowest BCUT2D eigenvalue weighted by Crippen LogP contribution is -2.12. The molecule has 0 spiro atoms. The molecule has 1 N–H and O–H groups in total. The third kappa shape index (κ3) is 5.00. The largest absolute Gasteiger partial charge is 0.477 e. The highest BCUT2D eigenvalue weighted by molar-refractivity contribution is 6.31. The van der Waals surface area contributed by atoms with Gasteiger partial charge in [-0.15, -0.1) is 0 Å². The Bertz CT molecular complexity index is 1350. The molecule has 0 bridgehead atoms. The summed E-state index contributed by atoms with van der Waals surface area (Å²) in [6.07, 6.45) is 0.982. The highest BCUT2D eigenvalue weighted by Crippen LogP contribution is 2.31. The number of carboxylic acid groups (broad SMARTS) is 1. The number of halogens is 1. The number of hydrogen-bond donors (Lipinski definition) is 1. The molecule has 0 saturated carbocycles. The van der Waals surface area contributed by atoms with Crippen LogP contribution in [-0.2, 0) is 16.0 Å². The lowest BCUT2D eigenvalue weighted by molar-refractivity contribution is -0.147. The lowest BCUT2D eigenvalue weighted by Gasteiger charge is -2.15. The Hall–Kier alpha value is -3.97. The van der Waals surface area contributed by atoms with Crippen molar-refractivity contribution in [2.75, 3.05) is 0 Å². The van der Waals surface area contributed by atoms with Gasteiger partial charge in [0.2, 0.25) is 0 Å². The van der Waals surface area contributed by atoms with Crippen molar-refractivity contribution >= 4 is 23.5 Å². The van der Waals surface area contributed by atoms with Gasteiger partial charge in [0.05, 0.1) is 12.1 Å². The second-order valence-corrected chi connectivity index (χ2v) is 8.13. The Morgan fingerprint density at radius 2 is 1.82 bits per heavy atom. The van der Waals surface area contributed by atoms with Crippen molar-refractivity contribution in [1.82, 2.24) is 10.1 Å². The van der Waals surface area contributed by atoms with Crippen molar-refractivity contribution < 1.29 is 24.0 Å². The Balaban J connectivity index is 1.56. The zero-order valence-electron chi connectivity index (χ0n) is 18.5. The molecule has 0 fully saturated rings. The number of rotatable bonds is 7. The van der Waals surface area contributed by atoms with E-state index >= 15 is 0 Å². The molecule has 0 aliphatic heterocycles. The van der Waals surface area contributed by atoms with Crippen LogP contribution in [0.3, 0.4) is 0 Å². The second kappa shape index (κ2) is 9.89. The van der Waals surface area contributed by atoms with E-state index in [-0.39, 0.29) is 12.1 Å². The van der Waals surface area contributed by atoms with Gasteiger partial charge in [-0.1, -0.05) is 59.2 Å². The van der Waals surface area contributed by atoms with Crippen molar-refractivity contribution in [3.8, 4) is 22.5 Å². The van der Waals surface area contributed by atoms with Crippen molar-refractivity contribution in [1.29, 1.82) is 0 Å². The van der Waals surface area contributed by atoms with E-state index < -0.39 is 18.0 Å². The first-order valence-electron chi connectivity index (χ1n) is 10.5. The zero-order chi connectivity index (χ0) is 24.2. The van der Waals surface area contributed by atoms with Crippen LogP contribution in [0.4, 0.5) is 0 Å². The molecule has 0 amide bonds. The molecule has 8 heteroatoms. The highest BCUT2D eigenvalue weighted by Gasteiger charge is 2.21. The van der Waals surface area contributed by atoms with E-state index in [2.05, 4.69) is 10.1 Å². The molecule has 34 heavy (non-hydrogen) atoms. The molecule has 0 aliphatic rings. The van der Waals surface area contributed by atoms with Crippen LogP contribution in [0, 0.1) is 6.92 Å². The van der Waals surface area contributed by atoms with Gasteiger partial charge < -0.3 is 14.4 Å². The monoisotopic (exact) mass is 476 g/mol. The molecule has 0 radical (unpaired) electrons. The predicted octanol–water partition coefficient (Wildman–Crippen LogP) is 5.91. The number of ether oxygens (including phenoxy) is 1. The lowest BCUT2D eigenvalue weighted by atomic mass is 10.00. The van der Waals surface area contributed by atoms with Gasteiger partial charge >= 0.3 is 11.9 Å². The summed E-state index contributed by atoms with van der Waals surface area (Å²) in [6.45, 7) is 3.54. The average molecular weight is 477 g/mol. The number of carbonyl (C=O) groups excluding carboxylic acids is 1. The molecule has 4 rings (SSSR count). The van der Waals surface area contributed by atoms with Gasteiger partial charge in [0.15, 0.2) is 5.76 Å². The maximum Gasteiger partial charge on any atom is 0.354 e. The van der Waals surface area contributed by atoms with E-state index in [4.69, 9.17) is 26.0 Å². The van der Waals surface area contributed by atoms with Gasteiger partial charge in [0, 0.05) is 33.5 Å². The van der Waals surface area contributed by atoms with Crippen LogP contribution in [-0.4, -0.2) is 27.2 Å². The molecule has 1 atom stereocenters. The summed E-state index contributed by atoms with van der Waals surface area (Å²) in [4.78, 5) is 27.8. The molecule has 2 aromatic heterocycles. The van der Waals surface area contributed by atoms with E-state index in [0.717, 1.165) is 22.3 Å². The number of benzene rings is 2. The number of pyridine rings is 1. The summed E-state index contributed by atoms with van der Waals surface area (Å²) in [5.74, 6) is -1.04. The first-order valence-corrected chi connectivity index (χ1v) is 10.9. The van der Waals surface area contributed by atoms with Crippen molar-refractivity contribution in [2.45, 2.75) is 26.4 Å². The summed E-state index contributed by atoms with van der Waals surface area (Å²) in [7, 11) is 0. The predicted molar refractivity (Wildman–Crippen MR) is 127 cm³/mol. The highest BCUT2D eigenvalue weighted by atomic mass is 35.5. The maximum absolute atomic E-state index is 12.7. The minimum atomic E-state index is -1.09. The standard InChI is InChI=1S/C26H21ClN2O5/c1-15-21(13-24(30)33-16(2)20-8-3-4-9-22(20)27)25(34-29-15)18-7-5-6-17(12-18)19-10-11-23(26(31)32)28-14-19/h3-12,14,16H,13H2,1-2H3,(H,31,32). The van der Waals surface area contributed by atoms with E-state index in [1.807, 2.05) is 42.5 Å². The Labute approximate surface area is 201 Å². The molecule has 0 aliphatic carbocycles. The van der Waals surface area contributed by atoms with Gasteiger partial charge in [-0.25, -0.2) is 9.78 Å². The fourth-order valence-corrected chi connectivity index (χ4v) is 3.90. The zero-order valence-corrected chi connectivity index (χ0v) is 19.2. The summed E-state index contributed by atoms with van der Waals surface area (Å²) in [6, 6.07) is 17.8. The molecular formula is C26H21ClN2O5. The molecule has 2 aromatic carbocycles. The number of aromatic nitrogens is 2. The van der Waals surface area contributed by atoms with Crippen LogP contribution in [0.5, 0.6) is 0 Å². The third-order valence-corrected chi connectivity index (χ3v) is 5.74. The fraction of sp³-hybridized carbons (Fsp3) is 0.154. The van der Waals surface area contributed by atoms with Gasteiger partial charge in [-0.3, -0.25) is 4.79 Å². The first-order chi connectivity index (χ1) is 16.3. The van der Waals surface area contributed by atoms with Gasteiger partial charge in [-0.2, -0.15) is 0 Å². The van der Waals surface area contributed by atoms with Crippen LogP contribution < -0.4 is 0 Å². The number of nitrogens with zero attached hydrogens (tertiary/aromatic N) is 2. The van der Waals surface area contributed by atoms with Crippen molar-refractivity contribution in [3.05, 3.63) is 94.4 Å². The topological polar surface area (TPSA) is 103 Å². The number of aryl methyl sites for hydroxylation is 1.